The van der Waals surface area contributed by atoms with E-state index in [-0.39, 0.29) is 5.69 Å². The number of nitrogens with zero attached hydrogens (tertiary/aromatic N) is 5. The summed E-state index contributed by atoms with van der Waals surface area (Å²) >= 11 is 0. The zero-order valence-electron chi connectivity index (χ0n) is 8.12. The van der Waals surface area contributed by atoms with Gasteiger partial charge in [-0.1, -0.05) is 17.3 Å². The highest BCUT2D eigenvalue weighted by Gasteiger charge is 2.06. The normalized spacial score (nSPS) is 10.5. The fraction of sp³-hybridized carbons (Fsp3) is 0.375. The zero-order chi connectivity index (χ0) is 10.7. The predicted octanol–water partition coefficient (Wildman–Crippen LogP) is 0.0843. The molecule has 0 saturated heterocycles. The topological polar surface area (TPSA) is 86.7 Å². The fourth-order valence-electron chi connectivity index (χ4n) is 1.09. The number of carbonyl (C=O) groups is 1. The number of hydrogen-bond acceptors (Lipinski definition) is 6. The number of aryl methyl sites for hydroxylation is 1. The number of aldehydes is 1. The number of rotatable bonds is 4. The van der Waals surface area contributed by atoms with E-state index in [9.17, 15) is 4.79 Å². The van der Waals surface area contributed by atoms with Gasteiger partial charge in [-0.05, 0) is 0 Å². The molecule has 0 atom stereocenters. The van der Waals surface area contributed by atoms with Crippen molar-refractivity contribution in [1.29, 1.82) is 0 Å². The van der Waals surface area contributed by atoms with Crippen molar-refractivity contribution < 1.29 is 9.32 Å². The summed E-state index contributed by atoms with van der Waals surface area (Å²) in [5.74, 6) is 1.11. The molecule has 0 unspecified atom stereocenters. The Balaban J connectivity index is 2.10. The van der Waals surface area contributed by atoms with Gasteiger partial charge in [0.1, 0.15) is 12.2 Å². The smallest absolute Gasteiger partial charge is 0.226 e. The average Bonchev–Trinajstić information content (AvgIpc) is 2.87. The quantitative estimate of drug-likeness (QED) is 0.660. The van der Waals surface area contributed by atoms with Crippen molar-refractivity contribution in [3.63, 3.8) is 0 Å². The van der Waals surface area contributed by atoms with E-state index in [1.807, 2.05) is 6.92 Å². The fourth-order valence-corrected chi connectivity index (χ4v) is 1.09. The second-order valence-electron chi connectivity index (χ2n) is 2.92. The highest BCUT2D eigenvalue weighted by Crippen LogP contribution is 2.00. The molecule has 2 aromatic rings. The van der Waals surface area contributed by atoms with E-state index < -0.39 is 0 Å². The van der Waals surface area contributed by atoms with E-state index in [1.165, 1.54) is 10.9 Å². The average molecular weight is 207 g/mol. The van der Waals surface area contributed by atoms with Crippen LogP contribution in [0.4, 0.5) is 0 Å². The lowest BCUT2D eigenvalue weighted by Crippen LogP contribution is -2.02. The molecule has 0 aromatic carbocycles. The summed E-state index contributed by atoms with van der Waals surface area (Å²) in [6.07, 6.45) is 2.86. The Hall–Kier alpha value is -2.05. The summed E-state index contributed by atoms with van der Waals surface area (Å²) in [6.45, 7) is 2.28. The molecule has 2 rings (SSSR count). The molecule has 78 valence electrons. The van der Waals surface area contributed by atoms with E-state index in [0.717, 1.165) is 0 Å². The Kier molecular flexibility index (Phi) is 2.53. The van der Waals surface area contributed by atoms with Crippen LogP contribution in [0, 0.1) is 0 Å². The second-order valence-corrected chi connectivity index (χ2v) is 2.92. The van der Waals surface area contributed by atoms with Crippen molar-refractivity contribution in [3.05, 3.63) is 23.6 Å². The minimum atomic E-state index is 0.286. The minimum Gasteiger partial charge on any atom is -0.339 e. The Bertz CT molecular complexity index is 461. The van der Waals surface area contributed by atoms with Gasteiger partial charge in [-0.25, -0.2) is 4.68 Å². The third-order valence-corrected chi connectivity index (χ3v) is 1.79. The maximum absolute atomic E-state index is 10.4. The van der Waals surface area contributed by atoms with Crippen LogP contribution in [0.2, 0.25) is 0 Å². The molecule has 0 amide bonds. The summed E-state index contributed by atoms with van der Waals surface area (Å²) in [6, 6.07) is 0. The summed E-state index contributed by atoms with van der Waals surface area (Å²) in [4.78, 5) is 14.5. The molecule has 2 heterocycles. The van der Waals surface area contributed by atoms with Crippen molar-refractivity contribution >= 4 is 6.29 Å². The van der Waals surface area contributed by atoms with E-state index in [2.05, 4.69) is 20.5 Å². The van der Waals surface area contributed by atoms with Gasteiger partial charge < -0.3 is 4.52 Å². The summed E-state index contributed by atoms with van der Waals surface area (Å²) in [5.41, 5.74) is 0.286. The van der Waals surface area contributed by atoms with Crippen LogP contribution in [0.25, 0.3) is 0 Å². The molecular formula is C8H9N5O2. The lowest BCUT2D eigenvalue weighted by atomic mass is 10.5. The first kappa shape index (κ1) is 9.50. The lowest BCUT2D eigenvalue weighted by molar-refractivity contribution is 0.111. The van der Waals surface area contributed by atoms with Gasteiger partial charge in [0.05, 0.1) is 6.20 Å². The number of aromatic nitrogens is 5. The molecule has 2 aromatic heterocycles. The van der Waals surface area contributed by atoms with Crippen molar-refractivity contribution in [2.24, 2.45) is 0 Å². The largest absolute Gasteiger partial charge is 0.339 e. The number of carbonyl (C=O) groups excluding carboxylic acids is 1. The summed E-state index contributed by atoms with van der Waals surface area (Å²) < 4.78 is 6.41. The highest BCUT2D eigenvalue weighted by atomic mass is 16.5. The van der Waals surface area contributed by atoms with E-state index in [4.69, 9.17) is 4.52 Å². The Labute approximate surface area is 85.1 Å². The molecule has 0 aliphatic carbocycles. The minimum absolute atomic E-state index is 0.286. The highest BCUT2D eigenvalue weighted by molar-refractivity contribution is 5.70. The Morgan fingerprint density at radius 3 is 3.07 bits per heavy atom. The summed E-state index contributed by atoms with van der Waals surface area (Å²) in [5, 5.41) is 11.1. The van der Waals surface area contributed by atoms with Gasteiger partial charge in [-0.3, -0.25) is 4.79 Å². The molecule has 0 saturated carbocycles. The maximum Gasteiger partial charge on any atom is 0.226 e. The predicted molar refractivity (Wildman–Crippen MR) is 48.2 cm³/mol. The van der Waals surface area contributed by atoms with Gasteiger partial charge in [-0.15, -0.1) is 5.10 Å². The molecule has 7 heteroatoms. The second kappa shape index (κ2) is 3.99. The van der Waals surface area contributed by atoms with Crippen molar-refractivity contribution in [2.75, 3.05) is 0 Å². The van der Waals surface area contributed by atoms with Gasteiger partial charge in [0.15, 0.2) is 12.1 Å². The first-order chi connectivity index (χ1) is 7.31. The first-order valence-electron chi connectivity index (χ1n) is 4.48. The molecule has 15 heavy (non-hydrogen) atoms. The molecule has 0 radical (unpaired) electrons. The third-order valence-electron chi connectivity index (χ3n) is 1.79. The lowest BCUT2D eigenvalue weighted by Gasteiger charge is -1.91. The van der Waals surface area contributed by atoms with Crippen LogP contribution >= 0.6 is 0 Å². The zero-order valence-corrected chi connectivity index (χ0v) is 8.12. The molecule has 7 nitrogen and oxygen atoms in total. The molecule has 0 spiro atoms. The van der Waals surface area contributed by atoms with Crippen LogP contribution in [0.1, 0.15) is 29.1 Å². The van der Waals surface area contributed by atoms with Crippen LogP contribution in [0.15, 0.2) is 10.7 Å². The van der Waals surface area contributed by atoms with Crippen LogP contribution in [0.3, 0.4) is 0 Å². The maximum atomic E-state index is 10.4. The van der Waals surface area contributed by atoms with Gasteiger partial charge in [0, 0.05) is 6.42 Å². The van der Waals surface area contributed by atoms with Gasteiger partial charge in [0.2, 0.25) is 5.89 Å². The molecule has 0 N–H and O–H groups in total. The molecule has 0 aliphatic heterocycles. The summed E-state index contributed by atoms with van der Waals surface area (Å²) in [7, 11) is 0. The van der Waals surface area contributed by atoms with Crippen LogP contribution in [-0.4, -0.2) is 31.4 Å². The van der Waals surface area contributed by atoms with Crippen molar-refractivity contribution in [2.45, 2.75) is 19.9 Å². The standard InChI is InChI=1S/C8H9N5O2/c1-2-8-9-7(11-15-8)4-13-3-6(5-14)10-12-13/h3,5H,2,4H2,1H3. The SMILES string of the molecule is CCc1nc(Cn2cc(C=O)nn2)no1. The third kappa shape index (κ3) is 2.06. The van der Waals surface area contributed by atoms with Crippen LogP contribution in [0.5, 0.6) is 0 Å². The monoisotopic (exact) mass is 207 g/mol. The molecular weight excluding hydrogens is 198 g/mol. The van der Waals surface area contributed by atoms with Gasteiger partial charge >= 0.3 is 0 Å². The van der Waals surface area contributed by atoms with Crippen molar-refractivity contribution in [3.8, 4) is 0 Å². The van der Waals surface area contributed by atoms with Crippen LogP contribution < -0.4 is 0 Å². The number of hydrogen-bond donors (Lipinski definition) is 0. The molecule has 0 fully saturated rings. The van der Waals surface area contributed by atoms with Crippen molar-refractivity contribution in [1.82, 2.24) is 25.1 Å². The molecule has 0 aliphatic rings. The Morgan fingerprint density at radius 1 is 1.60 bits per heavy atom. The van der Waals surface area contributed by atoms with Gasteiger partial charge in [-0.2, -0.15) is 4.98 Å². The van der Waals surface area contributed by atoms with E-state index in [1.54, 1.807) is 0 Å². The van der Waals surface area contributed by atoms with Gasteiger partial charge in [0.25, 0.3) is 0 Å². The van der Waals surface area contributed by atoms with E-state index >= 15 is 0 Å². The molecule has 0 bridgehead atoms. The van der Waals surface area contributed by atoms with Crippen LogP contribution in [-0.2, 0) is 13.0 Å². The van der Waals surface area contributed by atoms with E-state index in [0.29, 0.717) is 31.0 Å². The Morgan fingerprint density at radius 2 is 2.47 bits per heavy atom. The first-order valence-corrected chi connectivity index (χ1v) is 4.48.